The number of hydrogen-bond acceptors (Lipinski definition) is 3. The molecule has 0 rings (SSSR count). The van der Waals surface area contributed by atoms with Crippen molar-refractivity contribution in [3.63, 3.8) is 0 Å². The molecule has 0 bridgehead atoms. The van der Waals surface area contributed by atoms with Gasteiger partial charge in [0.2, 0.25) is 5.91 Å². The van der Waals surface area contributed by atoms with E-state index in [1.54, 1.807) is 11.9 Å². The summed E-state index contributed by atoms with van der Waals surface area (Å²) < 4.78 is 0. The second-order valence-corrected chi connectivity index (χ2v) is 3.50. The third-order valence-corrected chi connectivity index (χ3v) is 1.71. The summed E-state index contributed by atoms with van der Waals surface area (Å²) in [6, 6.07) is 0. The molecule has 0 aliphatic heterocycles. The minimum atomic E-state index is -0.102. The van der Waals surface area contributed by atoms with Gasteiger partial charge in [0.25, 0.3) is 0 Å². The van der Waals surface area contributed by atoms with Crippen LogP contribution in [0, 0.1) is 0 Å². The largest absolute Gasteiger partial charge is 0.344 e. The van der Waals surface area contributed by atoms with Gasteiger partial charge >= 0.3 is 0 Å². The van der Waals surface area contributed by atoms with Crippen LogP contribution >= 0.6 is 0 Å². The molecule has 0 fully saturated rings. The van der Waals surface area contributed by atoms with E-state index >= 15 is 0 Å². The van der Waals surface area contributed by atoms with Gasteiger partial charge in [-0.3, -0.25) is 9.59 Å². The normalized spacial score (nSPS) is 10.2. The zero-order valence-corrected chi connectivity index (χ0v) is 8.83. The number of rotatable bonds is 5. The molecule has 0 aliphatic rings. The predicted octanol–water partition coefficient (Wildman–Crippen LogP) is -0.0145. The molecule has 0 saturated carbocycles. The second kappa shape index (κ2) is 5.70. The molecule has 1 amide bonds. The van der Waals surface area contributed by atoms with Gasteiger partial charge in [0.15, 0.2) is 0 Å². The lowest BCUT2D eigenvalue weighted by Crippen LogP contribution is -2.34. The van der Waals surface area contributed by atoms with Crippen LogP contribution in [0.3, 0.4) is 0 Å². The van der Waals surface area contributed by atoms with Crippen molar-refractivity contribution in [3.8, 4) is 0 Å². The smallest absolute Gasteiger partial charge is 0.229 e. The van der Waals surface area contributed by atoms with Crippen LogP contribution in [-0.4, -0.2) is 55.7 Å². The van der Waals surface area contributed by atoms with Crippen LogP contribution < -0.4 is 0 Å². The van der Waals surface area contributed by atoms with Crippen LogP contribution in [0.2, 0.25) is 0 Å². The highest BCUT2D eigenvalue weighted by Gasteiger charge is 2.10. The van der Waals surface area contributed by atoms with Crippen LogP contribution in [0.1, 0.15) is 13.3 Å². The third kappa shape index (κ3) is 6.28. The number of nitrogens with zero attached hydrogens (tertiary/aromatic N) is 2. The number of ketones is 1. The molecule has 4 nitrogen and oxygen atoms in total. The van der Waals surface area contributed by atoms with Gasteiger partial charge in [-0.05, 0) is 21.0 Å². The number of Topliss-reactive ketones (excluding diaryl/α,β-unsaturated/α-hetero) is 1. The van der Waals surface area contributed by atoms with E-state index in [9.17, 15) is 9.59 Å². The summed E-state index contributed by atoms with van der Waals surface area (Å²) in [4.78, 5) is 25.5. The van der Waals surface area contributed by atoms with E-state index in [0.717, 1.165) is 6.54 Å². The minimum absolute atomic E-state index is 0.0178. The fourth-order valence-electron chi connectivity index (χ4n) is 0.823. The maximum Gasteiger partial charge on any atom is 0.229 e. The summed E-state index contributed by atoms with van der Waals surface area (Å²) in [6.45, 7) is 2.91. The standard InChI is InChI=1S/C9H18N2O2/c1-8(12)7-9(13)11(4)6-5-10(2)3/h5-7H2,1-4H3. The predicted molar refractivity (Wildman–Crippen MR) is 51.5 cm³/mol. The van der Waals surface area contributed by atoms with Gasteiger partial charge in [-0.15, -0.1) is 0 Å². The molecule has 0 aromatic rings. The van der Waals surface area contributed by atoms with Gasteiger partial charge in [-0.2, -0.15) is 0 Å². The first-order chi connectivity index (χ1) is 5.93. The fourth-order valence-corrected chi connectivity index (χ4v) is 0.823. The molecule has 0 aromatic carbocycles. The number of likely N-dealkylation sites (N-methyl/N-ethyl adjacent to an activating group) is 2. The lowest BCUT2D eigenvalue weighted by Gasteiger charge is -2.18. The van der Waals surface area contributed by atoms with Crippen molar-refractivity contribution in [3.05, 3.63) is 0 Å². The Morgan fingerprint density at radius 1 is 1.08 bits per heavy atom. The van der Waals surface area contributed by atoms with Crippen molar-refractivity contribution in [2.75, 3.05) is 34.2 Å². The van der Waals surface area contributed by atoms with E-state index in [1.165, 1.54) is 6.92 Å². The first-order valence-electron chi connectivity index (χ1n) is 4.31. The third-order valence-electron chi connectivity index (χ3n) is 1.71. The summed E-state index contributed by atoms with van der Waals surface area (Å²) in [6.07, 6.45) is 0.0178. The molecule has 0 spiro atoms. The van der Waals surface area contributed by atoms with Gasteiger partial charge in [0.05, 0.1) is 6.42 Å². The summed E-state index contributed by atoms with van der Waals surface area (Å²) >= 11 is 0. The Bertz CT molecular complexity index is 190. The molecule has 0 atom stereocenters. The van der Waals surface area contributed by atoms with Gasteiger partial charge in [0.1, 0.15) is 5.78 Å². The molecule has 4 heteroatoms. The Balaban J connectivity index is 3.76. The molecule has 76 valence electrons. The molecule has 0 aromatic heterocycles. The van der Waals surface area contributed by atoms with Crippen LogP contribution in [-0.2, 0) is 9.59 Å². The van der Waals surface area contributed by atoms with Crippen LogP contribution in [0.25, 0.3) is 0 Å². The number of carbonyl (C=O) groups excluding carboxylic acids is 2. The van der Waals surface area contributed by atoms with Gasteiger partial charge in [0, 0.05) is 20.1 Å². The number of carbonyl (C=O) groups is 2. The average Bonchev–Trinajstić information content (AvgIpc) is 1.98. The molecule has 0 N–H and O–H groups in total. The van der Waals surface area contributed by atoms with E-state index < -0.39 is 0 Å². The zero-order chi connectivity index (χ0) is 10.4. The molecule has 0 unspecified atom stereocenters. The first kappa shape index (κ1) is 12.1. The summed E-state index contributed by atoms with van der Waals surface area (Å²) in [5, 5.41) is 0. The highest BCUT2D eigenvalue weighted by Crippen LogP contribution is 1.92. The van der Waals surface area contributed by atoms with Crippen molar-refractivity contribution >= 4 is 11.7 Å². The Hall–Kier alpha value is -0.900. The van der Waals surface area contributed by atoms with Gasteiger partial charge in [-0.25, -0.2) is 0 Å². The van der Waals surface area contributed by atoms with E-state index in [2.05, 4.69) is 0 Å². The summed E-state index contributed by atoms with van der Waals surface area (Å²) in [5.74, 6) is -0.184. The van der Waals surface area contributed by atoms with E-state index in [0.29, 0.717) is 6.54 Å². The molecule has 0 saturated heterocycles. The maximum atomic E-state index is 11.3. The molecular weight excluding hydrogens is 168 g/mol. The quantitative estimate of drug-likeness (QED) is 0.567. The Kier molecular flexibility index (Phi) is 5.30. The molecular formula is C9H18N2O2. The first-order valence-corrected chi connectivity index (χ1v) is 4.31. The summed E-state index contributed by atoms with van der Waals surface area (Å²) in [7, 11) is 5.61. The molecule has 0 radical (unpaired) electrons. The minimum Gasteiger partial charge on any atom is -0.344 e. The Labute approximate surface area is 79.5 Å². The van der Waals surface area contributed by atoms with E-state index in [1.807, 2.05) is 19.0 Å². The highest BCUT2D eigenvalue weighted by molar-refractivity contribution is 5.96. The Morgan fingerprint density at radius 2 is 1.62 bits per heavy atom. The van der Waals surface area contributed by atoms with Crippen LogP contribution in [0.15, 0.2) is 0 Å². The van der Waals surface area contributed by atoms with Crippen molar-refractivity contribution in [2.24, 2.45) is 0 Å². The van der Waals surface area contributed by atoms with Crippen molar-refractivity contribution in [1.82, 2.24) is 9.80 Å². The highest BCUT2D eigenvalue weighted by atomic mass is 16.2. The van der Waals surface area contributed by atoms with Crippen molar-refractivity contribution in [2.45, 2.75) is 13.3 Å². The fraction of sp³-hybridized carbons (Fsp3) is 0.778. The molecule has 0 heterocycles. The van der Waals surface area contributed by atoms with E-state index in [-0.39, 0.29) is 18.1 Å². The maximum absolute atomic E-state index is 11.3. The Morgan fingerprint density at radius 3 is 2.00 bits per heavy atom. The van der Waals surface area contributed by atoms with Gasteiger partial charge in [-0.1, -0.05) is 0 Å². The monoisotopic (exact) mass is 186 g/mol. The molecule has 0 aliphatic carbocycles. The van der Waals surface area contributed by atoms with Crippen molar-refractivity contribution < 1.29 is 9.59 Å². The van der Waals surface area contributed by atoms with Gasteiger partial charge < -0.3 is 9.80 Å². The topological polar surface area (TPSA) is 40.6 Å². The summed E-state index contributed by atoms with van der Waals surface area (Å²) in [5.41, 5.74) is 0. The van der Waals surface area contributed by atoms with Crippen LogP contribution in [0.4, 0.5) is 0 Å². The SMILES string of the molecule is CC(=O)CC(=O)N(C)CCN(C)C. The van der Waals surface area contributed by atoms with Crippen LogP contribution in [0.5, 0.6) is 0 Å². The average molecular weight is 186 g/mol. The lowest BCUT2D eigenvalue weighted by molar-refractivity contribution is -0.133. The number of hydrogen-bond donors (Lipinski definition) is 0. The van der Waals surface area contributed by atoms with E-state index in [4.69, 9.17) is 0 Å². The molecule has 13 heavy (non-hydrogen) atoms. The second-order valence-electron chi connectivity index (χ2n) is 3.50. The lowest BCUT2D eigenvalue weighted by atomic mass is 10.3. The zero-order valence-electron chi connectivity index (χ0n) is 8.83. The number of amides is 1. The van der Waals surface area contributed by atoms with Crippen molar-refractivity contribution in [1.29, 1.82) is 0 Å².